The summed E-state index contributed by atoms with van der Waals surface area (Å²) in [6.07, 6.45) is 3.29. The number of furan rings is 1. The second-order valence-corrected chi connectivity index (χ2v) is 6.67. The van der Waals surface area contributed by atoms with Gasteiger partial charge in [0.25, 0.3) is 5.56 Å². The Balaban J connectivity index is 1.63. The Hall–Kier alpha value is -2.19. The van der Waals surface area contributed by atoms with Crippen molar-refractivity contribution in [3.8, 4) is 0 Å². The van der Waals surface area contributed by atoms with Gasteiger partial charge in [-0.2, -0.15) is 4.52 Å². The summed E-state index contributed by atoms with van der Waals surface area (Å²) in [4.78, 5) is 19.5. The minimum atomic E-state index is -0.124. The number of fused-ring (bicyclic) bond motifs is 1. The summed E-state index contributed by atoms with van der Waals surface area (Å²) in [7, 11) is 0. The minimum absolute atomic E-state index is 0.123. The summed E-state index contributed by atoms with van der Waals surface area (Å²) in [5, 5.41) is 5.24. The molecule has 0 radical (unpaired) electrons. The maximum atomic E-state index is 12.2. The first-order valence-electron chi connectivity index (χ1n) is 8.04. The van der Waals surface area contributed by atoms with E-state index in [1.54, 1.807) is 12.3 Å². The van der Waals surface area contributed by atoms with Crippen molar-refractivity contribution in [2.24, 2.45) is 0 Å². The highest BCUT2D eigenvalue weighted by atomic mass is 32.1. The lowest BCUT2D eigenvalue weighted by Crippen LogP contribution is -2.38. The maximum Gasteiger partial charge on any atom is 0.275 e. The molecule has 0 N–H and O–H groups in total. The monoisotopic (exact) mass is 346 g/mol. The zero-order valence-electron chi connectivity index (χ0n) is 13.3. The fraction of sp³-hybridized carbons (Fsp3) is 0.438. The van der Waals surface area contributed by atoms with Gasteiger partial charge >= 0.3 is 0 Å². The van der Waals surface area contributed by atoms with Gasteiger partial charge < -0.3 is 14.1 Å². The zero-order valence-corrected chi connectivity index (χ0v) is 14.2. The van der Waals surface area contributed by atoms with Gasteiger partial charge in [-0.1, -0.05) is 24.7 Å². The first-order valence-corrected chi connectivity index (χ1v) is 8.86. The molecule has 0 spiro atoms. The van der Waals surface area contributed by atoms with Gasteiger partial charge in [-0.3, -0.25) is 4.79 Å². The van der Waals surface area contributed by atoms with E-state index < -0.39 is 0 Å². The van der Waals surface area contributed by atoms with Gasteiger partial charge in [0.2, 0.25) is 10.1 Å². The van der Waals surface area contributed by atoms with Gasteiger partial charge in [-0.05, 0) is 18.6 Å². The third kappa shape index (κ3) is 2.83. The highest BCUT2D eigenvalue weighted by molar-refractivity contribution is 7.20. The number of ether oxygens (including phenoxy) is 1. The van der Waals surface area contributed by atoms with Gasteiger partial charge in [0, 0.05) is 18.3 Å². The summed E-state index contributed by atoms with van der Waals surface area (Å²) in [5.41, 5.74) is 0.704. The molecule has 1 fully saturated rings. The number of morpholine rings is 1. The molecule has 1 aliphatic heterocycles. The van der Waals surface area contributed by atoms with E-state index in [9.17, 15) is 4.79 Å². The zero-order chi connectivity index (χ0) is 16.5. The van der Waals surface area contributed by atoms with Crippen molar-refractivity contribution in [3.63, 3.8) is 0 Å². The molecule has 0 aromatic carbocycles. The number of rotatable bonds is 4. The van der Waals surface area contributed by atoms with E-state index in [1.807, 2.05) is 12.1 Å². The smallest absolute Gasteiger partial charge is 0.275 e. The van der Waals surface area contributed by atoms with Crippen LogP contribution in [0.4, 0.5) is 5.13 Å². The van der Waals surface area contributed by atoms with Crippen LogP contribution in [0.1, 0.15) is 30.9 Å². The van der Waals surface area contributed by atoms with Crippen LogP contribution in [0, 0.1) is 0 Å². The molecule has 8 heteroatoms. The van der Waals surface area contributed by atoms with Crippen LogP contribution >= 0.6 is 11.3 Å². The minimum Gasteiger partial charge on any atom is -0.467 e. The first-order chi connectivity index (χ1) is 11.7. The van der Waals surface area contributed by atoms with Gasteiger partial charge in [-0.15, -0.1) is 5.10 Å². The Labute approximate surface area is 142 Å². The van der Waals surface area contributed by atoms with Crippen molar-refractivity contribution < 1.29 is 9.15 Å². The van der Waals surface area contributed by atoms with E-state index >= 15 is 0 Å². The summed E-state index contributed by atoms with van der Waals surface area (Å²) in [5.74, 6) is 0.807. The molecule has 7 nitrogen and oxygen atoms in total. The molecule has 0 saturated carbocycles. The third-order valence-corrected chi connectivity index (χ3v) is 4.96. The standard InChI is InChI=1S/C16H18N4O3S/c1-2-4-11-9-14(21)20-15(17-11)24-16(18-20)19-6-8-23-13(10-19)12-5-3-7-22-12/h3,5,7,9,13H,2,4,6,8,10H2,1H3. The number of nitrogens with zero attached hydrogens (tertiary/aromatic N) is 4. The van der Waals surface area contributed by atoms with E-state index in [-0.39, 0.29) is 11.7 Å². The van der Waals surface area contributed by atoms with E-state index in [0.717, 1.165) is 36.0 Å². The lowest BCUT2D eigenvalue weighted by Gasteiger charge is -2.31. The molecule has 0 aliphatic carbocycles. The fourth-order valence-electron chi connectivity index (χ4n) is 2.83. The van der Waals surface area contributed by atoms with Gasteiger partial charge in [0.15, 0.2) is 0 Å². The lowest BCUT2D eigenvalue weighted by atomic mass is 10.2. The summed E-state index contributed by atoms with van der Waals surface area (Å²) >= 11 is 1.44. The van der Waals surface area contributed by atoms with Crippen molar-refractivity contribution >= 4 is 21.4 Å². The molecule has 1 saturated heterocycles. The molecule has 1 atom stereocenters. The molecule has 24 heavy (non-hydrogen) atoms. The van der Waals surface area contributed by atoms with Crippen LogP contribution in [0.2, 0.25) is 0 Å². The van der Waals surface area contributed by atoms with Crippen LogP contribution in [0.3, 0.4) is 0 Å². The van der Waals surface area contributed by atoms with Crippen LogP contribution in [-0.4, -0.2) is 34.3 Å². The number of hydrogen-bond acceptors (Lipinski definition) is 7. The molecule has 1 unspecified atom stereocenters. The Morgan fingerprint density at radius 3 is 3.17 bits per heavy atom. The second-order valence-electron chi connectivity index (χ2n) is 5.74. The van der Waals surface area contributed by atoms with Gasteiger partial charge in [-0.25, -0.2) is 4.98 Å². The Morgan fingerprint density at radius 2 is 2.38 bits per heavy atom. The topological polar surface area (TPSA) is 72.9 Å². The first kappa shape index (κ1) is 15.3. The molecule has 3 aromatic rings. The molecule has 0 amide bonds. The van der Waals surface area contributed by atoms with Crippen molar-refractivity contribution in [2.75, 3.05) is 24.6 Å². The predicted octanol–water partition coefficient (Wildman–Crippen LogP) is 2.27. The average molecular weight is 346 g/mol. The summed E-state index contributed by atoms with van der Waals surface area (Å²) in [6, 6.07) is 5.34. The SMILES string of the molecule is CCCc1cc(=O)n2nc(N3CCOC(c4ccco4)C3)sc2n1. The molecule has 4 heterocycles. The van der Waals surface area contributed by atoms with E-state index in [4.69, 9.17) is 9.15 Å². The number of anilines is 1. The molecular formula is C16H18N4O3S. The number of aromatic nitrogens is 3. The van der Waals surface area contributed by atoms with Crippen LogP contribution in [-0.2, 0) is 11.2 Å². The second kappa shape index (κ2) is 6.37. The predicted molar refractivity (Wildman–Crippen MR) is 90.7 cm³/mol. The van der Waals surface area contributed by atoms with Crippen LogP contribution in [0.5, 0.6) is 0 Å². The van der Waals surface area contributed by atoms with E-state index in [1.165, 1.54) is 15.9 Å². The molecular weight excluding hydrogens is 328 g/mol. The van der Waals surface area contributed by atoms with Gasteiger partial charge in [0.1, 0.15) is 11.9 Å². The molecule has 0 bridgehead atoms. The Kier molecular flexibility index (Phi) is 4.07. The molecule has 1 aliphatic rings. The van der Waals surface area contributed by atoms with Crippen molar-refractivity contribution in [1.29, 1.82) is 0 Å². The quantitative estimate of drug-likeness (QED) is 0.722. The van der Waals surface area contributed by atoms with Crippen molar-refractivity contribution in [2.45, 2.75) is 25.9 Å². The average Bonchev–Trinajstić information content (AvgIpc) is 3.25. The van der Waals surface area contributed by atoms with Crippen LogP contribution in [0.25, 0.3) is 4.96 Å². The lowest BCUT2D eigenvalue weighted by molar-refractivity contribution is 0.0257. The highest BCUT2D eigenvalue weighted by Gasteiger charge is 2.26. The third-order valence-electron chi connectivity index (χ3n) is 3.99. The largest absolute Gasteiger partial charge is 0.467 e. The van der Waals surface area contributed by atoms with Crippen molar-refractivity contribution in [1.82, 2.24) is 14.6 Å². The van der Waals surface area contributed by atoms with E-state index in [2.05, 4.69) is 21.9 Å². The Bertz CT molecular complexity index is 886. The molecule has 3 aromatic heterocycles. The highest BCUT2D eigenvalue weighted by Crippen LogP contribution is 2.28. The Morgan fingerprint density at radius 1 is 1.46 bits per heavy atom. The maximum absolute atomic E-state index is 12.2. The summed E-state index contributed by atoms with van der Waals surface area (Å²) in [6.45, 7) is 4.03. The summed E-state index contributed by atoms with van der Waals surface area (Å²) < 4.78 is 12.6. The van der Waals surface area contributed by atoms with Crippen LogP contribution in [0.15, 0.2) is 33.7 Å². The van der Waals surface area contributed by atoms with E-state index in [0.29, 0.717) is 18.1 Å². The fourth-order valence-corrected chi connectivity index (χ4v) is 3.79. The number of hydrogen-bond donors (Lipinski definition) is 0. The molecule has 126 valence electrons. The normalized spacial score (nSPS) is 18.4. The van der Waals surface area contributed by atoms with Gasteiger partial charge in [0.05, 0.1) is 19.4 Å². The molecule has 4 rings (SSSR count). The van der Waals surface area contributed by atoms with Crippen molar-refractivity contribution in [3.05, 3.63) is 46.3 Å². The van der Waals surface area contributed by atoms with Crippen LogP contribution < -0.4 is 10.5 Å². The number of aryl methyl sites for hydroxylation is 1.